The van der Waals surface area contributed by atoms with Crippen molar-refractivity contribution < 1.29 is 13.6 Å². The maximum absolute atomic E-state index is 13.4. The molecular weight excluding hydrogens is 312 g/mol. The van der Waals surface area contributed by atoms with Gasteiger partial charge in [0.2, 0.25) is 5.91 Å². The lowest BCUT2D eigenvalue weighted by molar-refractivity contribution is -0.135. The Morgan fingerprint density at radius 2 is 2.08 bits per heavy atom. The van der Waals surface area contributed by atoms with Crippen LogP contribution in [0.5, 0.6) is 0 Å². The number of carbonyl (C=O) groups excluding carboxylic acids is 1. The van der Waals surface area contributed by atoms with E-state index in [1.54, 1.807) is 18.5 Å². The van der Waals surface area contributed by atoms with Gasteiger partial charge in [0.25, 0.3) is 0 Å². The summed E-state index contributed by atoms with van der Waals surface area (Å²) in [4.78, 5) is 18.6. The van der Waals surface area contributed by atoms with Crippen LogP contribution in [0.3, 0.4) is 0 Å². The fourth-order valence-electron chi connectivity index (χ4n) is 2.73. The summed E-state index contributed by atoms with van der Waals surface area (Å²) in [6.45, 7) is 4.62. The second kappa shape index (κ2) is 6.71. The fraction of sp³-hybridized carbons (Fsp3) is 0.444. The summed E-state index contributed by atoms with van der Waals surface area (Å²) in [5, 5.41) is 0. The number of carbonyl (C=O) groups is 1. The Morgan fingerprint density at radius 3 is 2.71 bits per heavy atom. The smallest absolute Gasteiger partial charge is 0.225 e. The van der Waals surface area contributed by atoms with Gasteiger partial charge < -0.3 is 9.47 Å². The normalized spacial score (nSPS) is 14.2. The van der Waals surface area contributed by atoms with Gasteiger partial charge in [-0.05, 0) is 30.5 Å². The molecule has 0 radical (unpaired) electrons. The summed E-state index contributed by atoms with van der Waals surface area (Å²) in [5.74, 6) is -0.892. The lowest BCUT2D eigenvalue weighted by atomic mass is 10.2. The molecule has 1 aromatic heterocycles. The molecule has 2 aromatic rings. The van der Waals surface area contributed by atoms with Crippen LogP contribution in [0.2, 0.25) is 0 Å². The number of benzene rings is 1. The lowest BCUT2D eigenvalue weighted by Crippen LogP contribution is -2.36. The molecule has 1 heterocycles. The second-order valence-corrected chi connectivity index (χ2v) is 6.57. The third-order valence-electron chi connectivity index (χ3n) is 4.22. The molecule has 0 unspecified atom stereocenters. The van der Waals surface area contributed by atoms with Crippen LogP contribution in [0.4, 0.5) is 8.78 Å². The first kappa shape index (κ1) is 16.6. The largest absolute Gasteiger partial charge is 0.332 e. The molecule has 128 valence electrons. The van der Waals surface area contributed by atoms with Crippen molar-refractivity contribution in [3.8, 4) is 0 Å². The molecular formula is C18H21F2N3O. The molecule has 1 aliphatic rings. The van der Waals surface area contributed by atoms with E-state index in [-0.39, 0.29) is 11.8 Å². The highest BCUT2D eigenvalue weighted by Gasteiger charge is 2.34. The Hall–Kier alpha value is -2.24. The minimum atomic E-state index is -0.858. The number of imidazole rings is 1. The van der Waals surface area contributed by atoms with Crippen molar-refractivity contribution >= 4 is 5.91 Å². The zero-order chi connectivity index (χ0) is 17.3. The average Bonchev–Trinajstić information content (AvgIpc) is 3.29. The molecule has 1 fully saturated rings. The topological polar surface area (TPSA) is 38.1 Å². The van der Waals surface area contributed by atoms with Crippen LogP contribution < -0.4 is 0 Å². The second-order valence-electron chi connectivity index (χ2n) is 6.57. The highest BCUT2D eigenvalue weighted by atomic mass is 19.2. The average molecular weight is 333 g/mol. The fourth-order valence-corrected chi connectivity index (χ4v) is 2.73. The lowest BCUT2D eigenvalue weighted by Gasteiger charge is -2.24. The van der Waals surface area contributed by atoms with Gasteiger partial charge >= 0.3 is 0 Å². The standard InChI is InChI=1S/C18H21F2N3O/c1-12(2)18(24)23(14-4-5-14)11-17-21-7-8-22(17)10-13-3-6-15(19)16(20)9-13/h3,6-9,12,14H,4-5,10-11H2,1-2H3. The molecule has 1 saturated carbocycles. The van der Waals surface area contributed by atoms with Crippen LogP contribution in [0.25, 0.3) is 0 Å². The van der Waals surface area contributed by atoms with E-state index < -0.39 is 11.6 Å². The van der Waals surface area contributed by atoms with Crippen LogP contribution in [-0.2, 0) is 17.9 Å². The van der Waals surface area contributed by atoms with Crippen LogP contribution in [0.15, 0.2) is 30.6 Å². The van der Waals surface area contributed by atoms with Crippen LogP contribution in [0.1, 0.15) is 38.1 Å². The predicted molar refractivity (Wildman–Crippen MR) is 86.1 cm³/mol. The number of hydrogen-bond donors (Lipinski definition) is 0. The van der Waals surface area contributed by atoms with Gasteiger partial charge in [0, 0.05) is 30.9 Å². The van der Waals surface area contributed by atoms with E-state index in [1.807, 2.05) is 23.3 Å². The Bertz CT molecular complexity index is 738. The van der Waals surface area contributed by atoms with E-state index in [2.05, 4.69) is 4.98 Å². The van der Waals surface area contributed by atoms with E-state index >= 15 is 0 Å². The van der Waals surface area contributed by atoms with Gasteiger partial charge in [-0.2, -0.15) is 0 Å². The van der Waals surface area contributed by atoms with Gasteiger partial charge in [-0.1, -0.05) is 19.9 Å². The maximum Gasteiger partial charge on any atom is 0.225 e. The van der Waals surface area contributed by atoms with Gasteiger partial charge in [-0.15, -0.1) is 0 Å². The molecule has 0 aliphatic heterocycles. The minimum Gasteiger partial charge on any atom is -0.332 e. The molecule has 1 aliphatic carbocycles. The van der Waals surface area contributed by atoms with Crippen molar-refractivity contribution in [3.05, 3.63) is 53.6 Å². The quantitative estimate of drug-likeness (QED) is 0.813. The Morgan fingerprint density at radius 1 is 1.33 bits per heavy atom. The third kappa shape index (κ3) is 3.63. The molecule has 4 nitrogen and oxygen atoms in total. The van der Waals surface area contributed by atoms with Crippen LogP contribution in [0, 0.1) is 17.6 Å². The molecule has 0 saturated heterocycles. The van der Waals surface area contributed by atoms with Gasteiger partial charge in [-0.25, -0.2) is 13.8 Å². The summed E-state index contributed by atoms with van der Waals surface area (Å²) in [5.41, 5.74) is 0.654. The van der Waals surface area contributed by atoms with Crippen molar-refractivity contribution in [1.82, 2.24) is 14.5 Å². The number of rotatable bonds is 6. The maximum atomic E-state index is 13.4. The zero-order valence-corrected chi connectivity index (χ0v) is 13.9. The highest BCUT2D eigenvalue weighted by molar-refractivity contribution is 5.78. The summed E-state index contributed by atoms with van der Waals surface area (Å²) < 4.78 is 28.3. The number of halogens is 2. The summed E-state index contributed by atoms with van der Waals surface area (Å²) in [6, 6.07) is 4.17. The van der Waals surface area contributed by atoms with Gasteiger partial charge in [0.05, 0.1) is 6.54 Å². The van der Waals surface area contributed by atoms with Crippen molar-refractivity contribution in [2.45, 2.75) is 45.8 Å². The van der Waals surface area contributed by atoms with E-state index in [4.69, 9.17) is 0 Å². The van der Waals surface area contributed by atoms with E-state index in [9.17, 15) is 13.6 Å². The molecule has 6 heteroatoms. The molecule has 1 aromatic carbocycles. The number of nitrogens with zero attached hydrogens (tertiary/aromatic N) is 3. The molecule has 3 rings (SSSR count). The first-order chi connectivity index (χ1) is 11.5. The van der Waals surface area contributed by atoms with Crippen molar-refractivity contribution in [2.75, 3.05) is 0 Å². The summed E-state index contributed by atoms with van der Waals surface area (Å²) in [6.07, 6.45) is 5.52. The van der Waals surface area contributed by atoms with Gasteiger partial charge in [0.15, 0.2) is 11.6 Å². The molecule has 0 N–H and O–H groups in total. The Labute approximate surface area is 140 Å². The molecule has 24 heavy (non-hydrogen) atoms. The van der Waals surface area contributed by atoms with E-state index in [0.29, 0.717) is 24.7 Å². The van der Waals surface area contributed by atoms with Crippen LogP contribution >= 0.6 is 0 Å². The SMILES string of the molecule is CC(C)C(=O)N(Cc1nccn1Cc1ccc(F)c(F)c1)C1CC1. The Balaban J connectivity index is 1.76. The van der Waals surface area contributed by atoms with Gasteiger partial charge in [0.1, 0.15) is 5.82 Å². The van der Waals surface area contributed by atoms with Crippen molar-refractivity contribution in [2.24, 2.45) is 5.92 Å². The molecule has 0 spiro atoms. The zero-order valence-electron chi connectivity index (χ0n) is 13.9. The van der Waals surface area contributed by atoms with Crippen molar-refractivity contribution in [1.29, 1.82) is 0 Å². The summed E-state index contributed by atoms with van der Waals surface area (Å²) in [7, 11) is 0. The van der Waals surface area contributed by atoms with Gasteiger partial charge in [-0.3, -0.25) is 4.79 Å². The monoisotopic (exact) mass is 333 g/mol. The Kier molecular flexibility index (Phi) is 4.64. The van der Waals surface area contributed by atoms with E-state index in [1.165, 1.54) is 6.07 Å². The molecule has 0 bridgehead atoms. The minimum absolute atomic E-state index is 0.0554. The number of hydrogen-bond acceptors (Lipinski definition) is 2. The first-order valence-corrected chi connectivity index (χ1v) is 8.20. The summed E-state index contributed by atoms with van der Waals surface area (Å²) >= 11 is 0. The number of aromatic nitrogens is 2. The highest BCUT2D eigenvalue weighted by Crippen LogP contribution is 2.29. The third-order valence-corrected chi connectivity index (χ3v) is 4.22. The predicted octanol–water partition coefficient (Wildman–Crippen LogP) is 3.36. The van der Waals surface area contributed by atoms with E-state index in [0.717, 1.165) is 24.7 Å². The van der Waals surface area contributed by atoms with Crippen molar-refractivity contribution in [3.63, 3.8) is 0 Å². The molecule has 1 amide bonds. The first-order valence-electron chi connectivity index (χ1n) is 8.20. The van der Waals surface area contributed by atoms with Crippen LogP contribution in [-0.4, -0.2) is 26.4 Å². The molecule has 0 atom stereocenters. The number of amides is 1.